The van der Waals surface area contributed by atoms with E-state index in [4.69, 9.17) is 79.6 Å². The van der Waals surface area contributed by atoms with E-state index in [0.717, 1.165) is 0 Å². The zero-order valence-corrected chi connectivity index (χ0v) is 33.9. The molecule has 8 bridgehead atoms. The van der Waals surface area contributed by atoms with Gasteiger partial charge in [-0.05, 0) is 85.0 Å². The number of aromatic amines is 2. The Labute approximate surface area is 361 Å². The molecular formula is C44H19Cl6F5N4. The average molecular weight is 911 g/mol. The first-order chi connectivity index (χ1) is 28.3. The van der Waals surface area contributed by atoms with Crippen molar-refractivity contribution in [3.05, 3.63) is 161 Å². The van der Waals surface area contributed by atoms with Crippen LogP contribution in [0, 0.1) is 29.1 Å². The molecule has 3 aromatic heterocycles. The highest BCUT2D eigenvalue weighted by Gasteiger charge is 2.30. The maximum absolute atomic E-state index is 15.9. The van der Waals surface area contributed by atoms with Crippen LogP contribution in [0.5, 0.6) is 0 Å². The van der Waals surface area contributed by atoms with E-state index in [0.29, 0.717) is 66.2 Å². The molecule has 2 aliphatic rings. The number of hydrogen-bond acceptors (Lipinski definition) is 2. The van der Waals surface area contributed by atoms with Crippen LogP contribution >= 0.6 is 69.6 Å². The zero-order chi connectivity index (χ0) is 41.4. The summed E-state index contributed by atoms with van der Waals surface area (Å²) in [5, 5.41) is 1.52. The molecule has 4 nitrogen and oxygen atoms in total. The minimum absolute atomic E-state index is 0.0580. The SMILES string of the molecule is Fc1c(F)c(F)c(-c2c3ccc([nH]3)c(-c3c(Cl)cccc3Cl)c3nc(c(-c4c(Cl)cccc4Cl)c4nc(c(-c5c(Cl)cccc5Cl)c5ccc2[nH]5)C=C4)C=C3)c(F)c1F. The minimum Gasteiger partial charge on any atom is -0.354 e. The van der Waals surface area contributed by atoms with Crippen molar-refractivity contribution in [1.82, 2.24) is 19.9 Å². The molecule has 0 amide bonds. The molecule has 2 aliphatic heterocycles. The molecule has 9 rings (SSSR count). The molecule has 0 radical (unpaired) electrons. The first-order valence-corrected chi connectivity index (χ1v) is 19.6. The van der Waals surface area contributed by atoms with Crippen molar-refractivity contribution < 1.29 is 22.0 Å². The summed E-state index contributed by atoms with van der Waals surface area (Å²) >= 11 is 41.0. The van der Waals surface area contributed by atoms with E-state index >= 15 is 17.6 Å². The fourth-order valence-electron chi connectivity index (χ4n) is 7.29. The molecule has 59 heavy (non-hydrogen) atoms. The summed E-state index contributed by atoms with van der Waals surface area (Å²) in [6.45, 7) is 0. The Morgan fingerprint density at radius 2 is 0.576 bits per heavy atom. The number of H-pyrrole nitrogens is 2. The molecule has 15 heteroatoms. The predicted molar refractivity (Wildman–Crippen MR) is 230 cm³/mol. The summed E-state index contributed by atoms with van der Waals surface area (Å²) in [5.41, 5.74) is 2.43. The summed E-state index contributed by atoms with van der Waals surface area (Å²) < 4.78 is 76.4. The minimum atomic E-state index is -2.31. The lowest BCUT2D eigenvalue weighted by atomic mass is 10.0. The lowest BCUT2D eigenvalue weighted by Crippen LogP contribution is -2.04. The fourth-order valence-corrected chi connectivity index (χ4v) is 9.05. The number of hydrogen-bond donors (Lipinski definition) is 2. The third-order valence-corrected chi connectivity index (χ3v) is 11.7. The van der Waals surface area contributed by atoms with Gasteiger partial charge in [0.2, 0.25) is 5.82 Å². The quantitative estimate of drug-likeness (QED) is 0.105. The number of rotatable bonds is 4. The van der Waals surface area contributed by atoms with Gasteiger partial charge in [0.15, 0.2) is 23.3 Å². The maximum atomic E-state index is 15.9. The number of aromatic nitrogens is 4. The van der Waals surface area contributed by atoms with Crippen molar-refractivity contribution in [3.63, 3.8) is 0 Å². The summed E-state index contributed by atoms with van der Waals surface area (Å²) in [5.74, 6) is -10.7. The molecule has 5 heterocycles. The van der Waals surface area contributed by atoms with Crippen LogP contribution in [0.4, 0.5) is 22.0 Å². The molecule has 7 aromatic rings. The zero-order valence-electron chi connectivity index (χ0n) is 29.4. The van der Waals surface area contributed by atoms with E-state index < -0.39 is 40.2 Å². The highest BCUT2D eigenvalue weighted by molar-refractivity contribution is 6.41. The van der Waals surface area contributed by atoms with Crippen LogP contribution in [-0.2, 0) is 0 Å². The lowest BCUT2D eigenvalue weighted by molar-refractivity contribution is 0.381. The van der Waals surface area contributed by atoms with Gasteiger partial charge in [0, 0.05) is 61.0 Å². The van der Waals surface area contributed by atoms with E-state index in [1.54, 1.807) is 91.0 Å². The van der Waals surface area contributed by atoms with Gasteiger partial charge in [0.25, 0.3) is 0 Å². The van der Waals surface area contributed by atoms with E-state index in [1.807, 2.05) is 0 Å². The van der Waals surface area contributed by atoms with Crippen LogP contribution in [0.15, 0.2) is 78.9 Å². The van der Waals surface area contributed by atoms with Gasteiger partial charge >= 0.3 is 0 Å². The molecule has 0 saturated heterocycles. The predicted octanol–water partition coefficient (Wildman–Crippen LogP) is 15.9. The highest BCUT2D eigenvalue weighted by atomic mass is 35.5. The Morgan fingerprint density at radius 1 is 0.305 bits per heavy atom. The van der Waals surface area contributed by atoms with Crippen molar-refractivity contribution in [1.29, 1.82) is 0 Å². The molecule has 4 aromatic carbocycles. The maximum Gasteiger partial charge on any atom is 0.200 e. The summed E-state index contributed by atoms with van der Waals surface area (Å²) in [7, 11) is 0. The van der Waals surface area contributed by atoms with Gasteiger partial charge in [-0.1, -0.05) is 87.8 Å². The molecule has 0 spiro atoms. The Bertz CT molecular complexity index is 2970. The highest BCUT2D eigenvalue weighted by Crippen LogP contribution is 2.46. The van der Waals surface area contributed by atoms with Crippen LogP contribution in [0.2, 0.25) is 30.1 Å². The van der Waals surface area contributed by atoms with Crippen LogP contribution in [0.3, 0.4) is 0 Å². The second-order valence-electron chi connectivity index (χ2n) is 13.2. The molecule has 0 atom stereocenters. The smallest absolute Gasteiger partial charge is 0.200 e. The van der Waals surface area contributed by atoms with Gasteiger partial charge in [-0.25, -0.2) is 31.9 Å². The first-order valence-electron chi connectivity index (χ1n) is 17.3. The number of nitrogens with one attached hydrogen (secondary N) is 2. The Morgan fingerprint density at radius 3 is 0.915 bits per heavy atom. The molecular weight excluding hydrogens is 892 g/mol. The van der Waals surface area contributed by atoms with Crippen LogP contribution in [-0.4, -0.2) is 19.9 Å². The molecule has 0 saturated carbocycles. The Kier molecular flexibility index (Phi) is 10.1. The van der Waals surface area contributed by atoms with Crippen molar-refractivity contribution in [2.75, 3.05) is 0 Å². The molecule has 2 N–H and O–H groups in total. The number of nitrogens with zero attached hydrogens (tertiary/aromatic N) is 2. The van der Waals surface area contributed by atoms with E-state index in [1.165, 1.54) is 12.1 Å². The first kappa shape index (κ1) is 39.3. The molecule has 0 aliphatic carbocycles. The lowest BCUT2D eigenvalue weighted by Gasteiger charge is -2.11. The Balaban J connectivity index is 1.56. The summed E-state index contributed by atoms with van der Waals surface area (Å²) in [6, 6.07) is 20.8. The van der Waals surface area contributed by atoms with Crippen LogP contribution < -0.4 is 0 Å². The average Bonchev–Trinajstić information content (AvgIpc) is 4.05. The van der Waals surface area contributed by atoms with Gasteiger partial charge in [-0.2, -0.15) is 0 Å². The van der Waals surface area contributed by atoms with Crippen LogP contribution in [0.1, 0.15) is 22.8 Å². The van der Waals surface area contributed by atoms with Gasteiger partial charge < -0.3 is 9.97 Å². The van der Waals surface area contributed by atoms with Crippen molar-refractivity contribution in [2.24, 2.45) is 0 Å². The summed E-state index contributed by atoms with van der Waals surface area (Å²) in [4.78, 5) is 16.4. The van der Waals surface area contributed by atoms with Gasteiger partial charge in [-0.15, -0.1) is 0 Å². The second-order valence-corrected chi connectivity index (χ2v) is 15.7. The Hall–Kier alpha value is -5.13. The largest absolute Gasteiger partial charge is 0.354 e. The topological polar surface area (TPSA) is 57.4 Å². The van der Waals surface area contributed by atoms with Crippen LogP contribution in [0.25, 0.3) is 90.9 Å². The number of halogens is 11. The molecule has 0 fully saturated rings. The van der Waals surface area contributed by atoms with Gasteiger partial charge in [0.05, 0.1) is 58.5 Å². The number of benzene rings is 4. The van der Waals surface area contributed by atoms with Gasteiger partial charge in [0.1, 0.15) is 0 Å². The van der Waals surface area contributed by atoms with Gasteiger partial charge in [-0.3, -0.25) is 0 Å². The molecule has 0 unspecified atom stereocenters. The third-order valence-electron chi connectivity index (χ3n) is 9.85. The standard InChI is InChI=1S/C44H19Cl6F5N4/c45-18-4-1-5-19(46)32(18)35-24-10-12-26(56-24)36(33-20(47)6-2-7-21(33)48)28-14-16-30(58-28)38(39-40(51)42(53)44(55)43(54)41(39)52)31-17-15-29(59-31)37(27-13-11-25(35)57-27)34-22(49)8-3-9-23(34)50/h1-17,58-59H. The monoisotopic (exact) mass is 908 g/mol. The van der Waals surface area contributed by atoms with E-state index in [9.17, 15) is 4.39 Å². The normalized spacial score (nSPS) is 12.2. The van der Waals surface area contributed by atoms with Crippen molar-refractivity contribution in [2.45, 2.75) is 0 Å². The third kappa shape index (κ3) is 6.52. The van der Waals surface area contributed by atoms with Crippen molar-refractivity contribution in [3.8, 4) is 44.5 Å². The summed E-state index contributed by atoms with van der Waals surface area (Å²) in [6.07, 6.45) is 6.85. The molecule has 292 valence electrons. The van der Waals surface area contributed by atoms with E-state index in [2.05, 4.69) is 9.97 Å². The fraction of sp³-hybridized carbons (Fsp3) is 0. The second kappa shape index (κ2) is 15.2. The number of fused-ring (bicyclic) bond motifs is 8. The van der Waals surface area contributed by atoms with E-state index in [-0.39, 0.29) is 42.2 Å². The van der Waals surface area contributed by atoms with Crippen molar-refractivity contribution >= 4 is 116 Å².